The van der Waals surface area contributed by atoms with Gasteiger partial charge >= 0.3 is 0 Å². The van der Waals surface area contributed by atoms with Gasteiger partial charge in [0.15, 0.2) is 0 Å². The molecular formula is C18H27NO2. The van der Waals surface area contributed by atoms with Crippen LogP contribution in [0.15, 0.2) is 43.0 Å². The summed E-state index contributed by atoms with van der Waals surface area (Å²) in [5.41, 5.74) is 0.447. The van der Waals surface area contributed by atoms with Crippen molar-refractivity contribution in [2.45, 2.75) is 37.6 Å². The first-order chi connectivity index (χ1) is 10.0. The molecule has 1 saturated carbocycles. The molecule has 0 radical (unpaired) electrons. The molecule has 3 nitrogen and oxygen atoms in total. The fraction of sp³-hybridized carbons (Fsp3) is 0.556. The van der Waals surface area contributed by atoms with Crippen LogP contribution in [0.25, 0.3) is 0 Å². The third-order valence-corrected chi connectivity index (χ3v) is 4.39. The van der Waals surface area contributed by atoms with Crippen LogP contribution < -0.4 is 0 Å². The Morgan fingerprint density at radius 2 is 2.10 bits per heavy atom. The van der Waals surface area contributed by atoms with Gasteiger partial charge in [0.1, 0.15) is 0 Å². The third kappa shape index (κ3) is 4.40. The molecule has 3 unspecified atom stereocenters. The Labute approximate surface area is 128 Å². The van der Waals surface area contributed by atoms with Crippen molar-refractivity contribution in [2.24, 2.45) is 5.92 Å². The first kappa shape index (κ1) is 16.2. The second-order valence-electron chi connectivity index (χ2n) is 6.35. The van der Waals surface area contributed by atoms with E-state index in [-0.39, 0.29) is 12.0 Å². The molecule has 2 rings (SSSR count). The van der Waals surface area contributed by atoms with Gasteiger partial charge in [0.25, 0.3) is 0 Å². The van der Waals surface area contributed by atoms with Gasteiger partial charge in [0.2, 0.25) is 0 Å². The maximum atomic E-state index is 10.7. The van der Waals surface area contributed by atoms with Crippen molar-refractivity contribution in [1.82, 2.24) is 4.90 Å². The van der Waals surface area contributed by atoms with Crippen LogP contribution in [0, 0.1) is 5.92 Å². The number of rotatable bonds is 6. The van der Waals surface area contributed by atoms with Crippen LogP contribution in [0.5, 0.6) is 0 Å². The number of ether oxygens (including phenoxy) is 1. The van der Waals surface area contributed by atoms with Crippen molar-refractivity contribution in [3.63, 3.8) is 0 Å². The SMILES string of the molecule is C=CC1(O)CCC(OCc2ccccc2)CC1CN(C)C. The summed E-state index contributed by atoms with van der Waals surface area (Å²) in [6.45, 7) is 5.32. The monoisotopic (exact) mass is 289 g/mol. The number of nitrogens with zero attached hydrogens (tertiary/aromatic N) is 1. The van der Waals surface area contributed by atoms with E-state index in [1.165, 1.54) is 5.56 Å². The summed E-state index contributed by atoms with van der Waals surface area (Å²) in [4.78, 5) is 2.12. The maximum absolute atomic E-state index is 10.7. The van der Waals surface area contributed by atoms with Gasteiger partial charge in [0.05, 0.1) is 18.3 Å². The standard InChI is InChI=1S/C18H27NO2/c1-4-18(20)11-10-17(12-16(18)13-19(2)3)21-14-15-8-6-5-7-9-15/h4-9,16-17,20H,1,10-14H2,2-3H3. The highest BCUT2D eigenvalue weighted by molar-refractivity contribution is 5.13. The fourth-order valence-corrected chi connectivity index (χ4v) is 3.12. The van der Waals surface area contributed by atoms with Crippen LogP contribution >= 0.6 is 0 Å². The fourth-order valence-electron chi connectivity index (χ4n) is 3.12. The molecule has 0 spiro atoms. The van der Waals surface area contributed by atoms with Crippen molar-refractivity contribution in [3.8, 4) is 0 Å². The number of hydrogen-bond acceptors (Lipinski definition) is 3. The van der Waals surface area contributed by atoms with E-state index in [1.807, 2.05) is 32.3 Å². The Morgan fingerprint density at radius 1 is 1.38 bits per heavy atom. The lowest BCUT2D eigenvalue weighted by Gasteiger charge is -2.42. The highest BCUT2D eigenvalue weighted by Crippen LogP contribution is 2.36. The average Bonchev–Trinajstić information content (AvgIpc) is 2.49. The summed E-state index contributed by atoms with van der Waals surface area (Å²) >= 11 is 0. The normalized spacial score (nSPS) is 29.5. The van der Waals surface area contributed by atoms with E-state index < -0.39 is 5.60 Å². The smallest absolute Gasteiger partial charge is 0.0867 e. The van der Waals surface area contributed by atoms with E-state index in [2.05, 4.69) is 23.6 Å². The summed E-state index contributed by atoms with van der Waals surface area (Å²) in [7, 11) is 4.08. The first-order valence-electron chi connectivity index (χ1n) is 7.70. The molecular weight excluding hydrogens is 262 g/mol. The van der Waals surface area contributed by atoms with Gasteiger partial charge < -0.3 is 14.7 Å². The topological polar surface area (TPSA) is 32.7 Å². The second kappa shape index (κ2) is 7.21. The van der Waals surface area contributed by atoms with E-state index in [0.717, 1.165) is 25.8 Å². The Bertz CT molecular complexity index is 446. The van der Waals surface area contributed by atoms with Crippen LogP contribution in [0.3, 0.4) is 0 Å². The molecule has 0 amide bonds. The zero-order chi connectivity index (χ0) is 15.3. The molecule has 21 heavy (non-hydrogen) atoms. The van der Waals surface area contributed by atoms with Crippen molar-refractivity contribution >= 4 is 0 Å². The predicted molar refractivity (Wildman–Crippen MR) is 86.1 cm³/mol. The zero-order valence-electron chi connectivity index (χ0n) is 13.2. The molecule has 1 fully saturated rings. The predicted octanol–water partition coefficient (Wildman–Crippen LogP) is 2.85. The largest absolute Gasteiger partial charge is 0.385 e. The van der Waals surface area contributed by atoms with Crippen LogP contribution in [-0.2, 0) is 11.3 Å². The number of benzene rings is 1. The Kier molecular flexibility index (Phi) is 5.57. The van der Waals surface area contributed by atoms with E-state index in [0.29, 0.717) is 6.61 Å². The lowest BCUT2D eigenvalue weighted by Crippen LogP contribution is -2.47. The van der Waals surface area contributed by atoms with Gasteiger partial charge in [-0.1, -0.05) is 36.4 Å². The van der Waals surface area contributed by atoms with Gasteiger partial charge in [-0.05, 0) is 38.9 Å². The molecule has 0 heterocycles. The number of hydrogen-bond donors (Lipinski definition) is 1. The van der Waals surface area contributed by atoms with E-state index in [4.69, 9.17) is 4.74 Å². The lowest BCUT2D eigenvalue weighted by atomic mass is 9.74. The summed E-state index contributed by atoms with van der Waals surface area (Å²) in [5, 5.41) is 10.7. The molecule has 1 aliphatic rings. The summed E-state index contributed by atoms with van der Waals surface area (Å²) in [5.74, 6) is 0.180. The van der Waals surface area contributed by atoms with E-state index in [9.17, 15) is 5.11 Å². The van der Waals surface area contributed by atoms with Crippen LogP contribution in [0.2, 0.25) is 0 Å². The van der Waals surface area contributed by atoms with Gasteiger partial charge in [-0.15, -0.1) is 6.58 Å². The summed E-state index contributed by atoms with van der Waals surface area (Å²) < 4.78 is 6.05. The highest BCUT2D eigenvalue weighted by Gasteiger charge is 2.40. The molecule has 1 aromatic carbocycles. The minimum absolute atomic E-state index is 0.180. The molecule has 0 saturated heterocycles. The van der Waals surface area contributed by atoms with Gasteiger partial charge in [0, 0.05) is 12.5 Å². The van der Waals surface area contributed by atoms with Crippen LogP contribution in [-0.4, -0.2) is 42.4 Å². The first-order valence-corrected chi connectivity index (χ1v) is 7.70. The quantitative estimate of drug-likeness (QED) is 0.817. The molecule has 3 heteroatoms. The third-order valence-electron chi connectivity index (χ3n) is 4.39. The molecule has 0 aromatic heterocycles. The Morgan fingerprint density at radius 3 is 2.71 bits per heavy atom. The maximum Gasteiger partial charge on any atom is 0.0867 e. The van der Waals surface area contributed by atoms with E-state index >= 15 is 0 Å². The zero-order valence-corrected chi connectivity index (χ0v) is 13.2. The minimum atomic E-state index is -0.753. The molecule has 116 valence electrons. The van der Waals surface area contributed by atoms with Crippen molar-refractivity contribution < 1.29 is 9.84 Å². The van der Waals surface area contributed by atoms with Crippen LogP contribution in [0.1, 0.15) is 24.8 Å². The van der Waals surface area contributed by atoms with Crippen molar-refractivity contribution in [3.05, 3.63) is 48.6 Å². The average molecular weight is 289 g/mol. The number of aliphatic hydroxyl groups is 1. The Balaban J connectivity index is 1.93. The molecule has 3 atom stereocenters. The molecule has 0 bridgehead atoms. The van der Waals surface area contributed by atoms with Crippen molar-refractivity contribution in [1.29, 1.82) is 0 Å². The van der Waals surface area contributed by atoms with Gasteiger partial charge in [-0.3, -0.25) is 0 Å². The summed E-state index contributed by atoms with van der Waals surface area (Å²) in [6, 6.07) is 10.2. The minimum Gasteiger partial charge on any atom is -0.385 e. The molecule has 1 aliphatic carbocycles. The molecule has 1 aromatic rings. The van der Waals surface area contributed by atoms with Crippen molar-refractivity contribution in [2.75, 3.05) is 20.6 Å². The Hall–Kier alpha value is -1.16. The molecule has 0 aliphatic heterocycles. The van der Waals surface area contributed by atoms with E-state index in [1.54, 1.807) is 6.08 Å². The lowest BCUT2D eigenvalue weighted by molar-refractivity contribution is -0.0796. The van der Waals surface area contributed by atoms with Gasteiger partial charge in [-0.2, -0.15) is 0 Å². The molecule has 1 N–H and O–H groups in total. The van der Waals surface area contributed by atoms with Crippen LogP contribution in [0.4, 0.5) is 0 Å². The highest BCUT2D eigenvalue weighted by atomic mass is 16.5. The summed E-state index contributed by atoms with van der Waals surface area (Å²) in [6.07, 6.45) is 4.44. The second-order valence-corrected chi connectivity index (χ2v) is 6.35. The van der Waals surface area contributed by atoms with Gasteiger partial charge in [-0.25, -0.2) is 0 Å².